The van der Waals surface area contributed by atoms with Crippen LogP contribution in [0.4, 0.5) is 17.6 Å². The number of halogens is 6. The molecule has 0 aliphatic heterocycles. The van der Waals surface area contributed by atoms with Crippen LogP contribution in [-0.4, -0.2) is 10.3 Å². The summed E-state index contributed by atoms with van der Waals surface area (Å²) in [7, 11) is 0. The Hall–Kier alpha value is 0.0400. The van der Waals surface area contributed by atoms with Gasteiger partial charge < -0.3 is 0 Å². The first kappa shape index (κ1) is 11.1. The van der Waals surface area contributed by atoms with Gasteiger partial charge in [-0.2, -0.15) is 8.78 Å². The van der Waals surface area contributed by atoms with Gasteiger partial charge in [0.1, 0.15) is 5.83 Å². The van der Waals surface area contributed by atoms with E-state index in [1.54, 1.807) is 0 Å². The van der Waals surface area contributed by atoms with Gasteiger partial charge >= 0.3 is 5.92 Å². The number of hydrogen-bond donors (Lipinski definition) is 0. The Bertz CT molecular complexity index is 247. The quantitative estimate of drug-likeness (QED) is 0.439. The van der Waals surface area contributed by atoms with E-state index in [0.717, 1.165) is 0 Å². The largest absolute Gasteiger partial charge is 0.333 e. The molecular formula is C7H6Cl2F4. The molecule has 0 atom stereocenters. The minimum absolute atomic E-state index is 0.00183. The lowest BCUT2D eigenvalue weighted by molar-refractivity contribution is -0.00178. The first-order valence-electron chi connectivity index (χ1n) is 3.59. The van der Waals surface area contributed by atoms with E-state index in [4.69, 9.17) is 23.2 Å². The average Bonchev–Trinajstić information content (AvgIpc) is 2.05. The number of allylic oxidation sites excluding steroid dienone is 2. The fourth-order valence-electron chi connectivity index (χ4n) is 1.06. The zero-order chi connectivity index (χ0) is 10.3. The van der Waals surface area contributed by atoms with Crippen LogP contribution in [0.15, 0.2) is 11.7 Å². The van der Waals surface area contributed by atoms with Crippen molar-refractivity contribution in [3.8, 4) is 0 Å². The van der Waals surface area contributed by atoms with Gasteiger partial charge in [-0.1, -0.05) is 23.2 Å². The topological polar surface area (TPSA) is 0 Å². The predicted molar refractivity (Wildman–Crippen MR) is 42.5 cm³/mol. The molecule has 0 amide bonds. The highest BCUT2D eigenvalue weighted by molar-refractivity contribution is 6.49. The lowest BCUT2D eigenvalue weighted by Gasteiger charge is -2.26. The highest BCUT2D eigenvalue weighted by Crippen LogP contribution is 2.50. The Morgan fingerprint density at radius 3 is 2.23 bits per heavy atom. The summed E-state index contributed by atoms with van der Waals surface area (Å²) in [5, 5.41) is 0. The van der Waals surface area contributed by atoms with Gasteiger partial charge in [-0.25, -0.2) is 8.78 Å². The molecule has 76 valence electrons. The summed E-state index contributed by atoms with van der Waals surface area (Å²) in [6, 6.07) is 0. The zero-order valence-corrected chi connectivity index (χ0v) is 7.90. The Balaban J connectivity index is 3.13. The number of rotatable bonds is 0. The van der Waals surface area contributed by atoms with E-state index in [1.165, 1.54) is 0 Å². The first-order chi connectivity index (χ1) is 5.79. The minimum Gasteiger partial charge on any atom is -0.209 e. The average molecular weight is 237 g/mol. The summed E-state index contributed by atoms with van der Waals surface area (Å²) in [6.07, 6.45) is -0.728. The van der Waals surface area contributed by atoms with Crippen molar-refractivity contribution in [1.82, 2.24) is 0 Å². The van der Waals surface area contributed by atoms with E-state index in [-0.39, 0.29) is 19.3 Å². The van der Waals surface area contributed by atoms with E-state index in [0.29, 0.717) is 0 Å². The molecule has 0 aromatic heterocycles. The SMILES string of the molecule is FC1=C(F)C(F)(F)C(Cl)(Cl)CCC1. The summed E-state index contributed by atoms with van der Waals surface area (Å²) in [5.74, 6) is -7.75. The maximum atomic E-state index is 12.9. The van der Waals surface area contributed by atoms with Crippen molar-refractivity contribution >= 4 is 23.2 Å². The molecule has 1 aliphatic carbocycles. The maximum absolute atomic E-state index is 12.9. The lowest BCUT2D eigenvalue weighted by Crippen LogP contribution is -2.38. The van der Waals surface area contributed by atoms with Crippen molar-refractivity contribution in [1.29, 1.82) is 0 Å². The van der Waals surface area contributed by atoms with Crippen LogP contribution >= 0.6 is 23.2 Å². The zero-order valence-electron chi connectivity index (χ0n) is 6.39. The van der Waals surface area contributed by atoms with Crippen molar-refractivity contribution in [3.05, 3.63) is 11.7 Å². The number of alkyl halides is 4. The molecule has 0 fully saturated rings. The van der Waals surface area contributed by atoms with Crippen LogP contribution in [0.3, 0.4) is 0 Å². The molecule has 0 unspecified atom stereocenters. The molecule has 0 aromatic carbocycles. The van der Waals surface area contributed by atoms with Crippen molar-refractivity contribution in [2.75, 3.05) is 0 Å². The van der Waals surface area contributed by atoms with Crippen LogP contribution < -0.4 is 0 Å². The van der Waals surface area contributed by atoms with Crippen LogP contribution in [-0.2, 0) is 0 Å². The van der Waals surface area contributed by atoms with Gasteiger partial charge in [-0.3, -0.25) is 0 Å². The van der Waals surface area contributed by atoms with E-state index in [9.17, 15) is 17.6 Å². The predicted octanol–water partition coefficient (Wildman–Crippen LogP) is 4.13. The van der Waals surface area contributed by atoms with E-state index < -0.39 is 21.9 Å². The highest BCUT2D eigenvalue weighted by Gasteiger charge is 2.57. The van der Waals surface area contributed by atoms with Gasteiger partial charge in [0.15, 0.2) is 4.33 Å². The molecule has 0 radical (unpaired) electrons. The summed E-state index contributed by atoms with van der Waals surface area (Å²) in [5.41, 5.74) is 0. The molecule has 0 heterocycles. The fraction of sp³-hybridized carbons (Fsp3) is 0.714. The van der Waals surface area contributed by atoms with Gasteiger partial charge in [0.2, 0.25) is 5.83 Å². The van der Waals surface area contributed by atoms with Crippen LogP contribution in [0.2, 0.25) is 0 Å². The molecule has 0 N–H and O–H groups in total. The smallest absolute Gasteiger partial charge is 0.209 e. The first-order valence-corrected chi connectivity index (χ1v) is 4.35. The number of hydrogen-bond acceptors (Lipinski definition) is 0. The second-order valence-electron chi connectivity index (χ2n) is 2.85. The van der Waals surface area contributed by atoms with Gasteiger partial charge in [0.25, 0.3) is 0 Å². The monoisotopic (exact) mass is 236 g/mol. The van der Waals surface area contributed by atoms with Crippen molar-refractivity contribution in [2.24, 2.45) is 0 Å². The third-order valence-corrected chi connectivity index (χ3v) is 2.71. The summed E-state index contributed by atoms with van der Waals surface area (Å²) >= 11 is 10.4. The second kappa shape index (κ2) is 3.31. The second-order valence-corrected chi connectivity index (χ2v) is 4.34. The standard InChI is InChI=1S/C7H6Cl2F4/c8-6(9)3-1-2-4(10)5(11)7(6,12)13/h1-3H2. The molecular weight excluding hydrogens is 231 g/mol. The Morgan fingerprint density at radius 1 is 1.15 bits per heavy atom. The van der Waals surface area contributed by atoms with E-state index in [2.05, 4.69) is 0 Å². The molecule has 0 saturated heterocycles. The van der Waals surface area contributed by atoms with Gasteiger partial charge in [-0.05, 0) is 12.8 Å². The summed E-state index contributed by atoms with van der Waals surface area (Å²) < 4.78 is 48.6. The van der Waals surface area contributed by atoms with Crippen LogP contribution in [0.1, 0.15) is 19.3 Å². The molecule has 1 rings (SSSR count). The molecule has 6 heteroatoms. The third-order valence-electron chi connectivity index (χ3n) is 1.86. The van der Waals surface area contributed by atoms with E-state index in [1.807, 2.05) is 0 Å². The van der Waals surface area contributed by atoms with Crippen LogP contribution in [0.5, 0.6) is 0 Å². The van der Waals surface area contributed by atoms with Crippen LogP contribution in [0.25, 0.3) is 0 Å². The maximum Gasteiger partial charge on any atom is 0.333 e. The Labute approximate surface area is 82.5 Å². The highest BCUT2D eigenvalue weighted by atomic mass is 35.5. The lowest BCUT2D eigenvalue weighted by atomic mass is 10.1. The molecule has 0 bridgehead atoms. The molecule has 13 heavy (non-hydrogen) atoms. The molecule has 0 spiro atoms. The third kappa shape index (κ3) is 1.79. The Morgan fingerprint density at radius 2 is 1.69 bits per heavy atom. The van der Waals surface area contributed by atoms with Gasteiger partial charge in [0, 0.05) is 6.42 Å². The Kier molecular flexibility index (Phi) is 2.83. The fourth-order valence-corrected chi connectivity index (χ4v) is 1.50. The van der Waals surface area contributed by atoms with Gasteiger partial charge in [-0.15, -0.1) is 0 Å². The van der Waals surface area contributed by atoms with E-state index >= 15 is 0 Å². The normalized spacial score (nSPS) is 27.2. The van der Waals surface area contributed by atoms with Gasteiger partial charge in [0.05, 0.1) is 0 Å². The van der Waals surface area contributed by atoms with Crippen LogP contribution in [0, 0.1) is 0 Å². The summed E-state index contributed by atoms with van der Waals surface area (Å²) in [4.78, 5) is 0. The van der Waals surface area contributed by atoms with Crippen molar-refractivity contribution in [3.63, 3.8) is 0 Å². The molecule has 0 saturated carbocycles. The molecule has 1 aliphatic rings. The molecule has 0 nitrogen and oxygen atoms in total. The van der Waals surface area contributed by atoms with Crippen molar-refractivity contribution < 1.29 is 17.6 Å². The summed E-state index contributed by atoms with van der Waals surface area (Å²) in [6.45, 7) is 0. The minimum atomic E-state index is -4.14. The molecule has 0 aromatic rings. The van der Waals surface area contributed by atoms with Crippen molar-refractivity contribution in [2.45, 2.75) is 29.5 Å².